The molecular formula is C11H13F2NO3. The van der Waals surface area contributed by atoms with Gasteiger partial charge in [-0.1, -0.05) is 12.1 Å². The van der Waals surface area contributed by atoms with Crippen molar-refractivity contribution in [3.8, 4) is 0 Å². The highest BCUT2D eigenvalue weighted by Gasteiger charge is 2.28. The van der Waals surface area contributed by atoms with Crippen LogP contribution in [0.5, 0.6) is 0 Å². The first-order valence-electron chi connectivity index (χ1n) is 5.03. The zero-order chi connectivity index (χ0) is 13.0. The number of nitrogens with two attached hydrogens (primary N) is 1. The van der Waals surface area contributed by atoms with Crippen molar-refractivity contribution in [2.45, 2.75) is 19.1 Å². The van der Waals surface area contributed by atoms with Gasteiger partial charge in [0.25, 0.3) is 0 Å². The van der Waals surface area contributed by atoms with E-state index in [4.69, 9.17) is 5.73 Å². The van der Waals surface area contributed by atoms with Gasteiger partial charge < -0.3 is 15.6 Å². The van der Waals surface area contributed by atoms with Crippen LogP contribution in [0.3, 0.4) is 0 Å². The number of halogens is 2. The molecule has 1 rings (SSSR count). The molecule has 0 aliphatic carbocycles. The molecule has 0 fully saturated rings. The summed E-state index contributed by atoms with van der Waals surface area (Å²) in [6.07, 6.45) is -1.65. The molecule has 0 spiro atoms. The molecule has 2 unspecified atom stereocenters. The molecule has 0 saturated heterocycles. The fourth-order valence-corrected chi connectivity index (χ4v) is 1.31. The zero-order valence-electron chi connectivity index (χ0n) is 9.19. The molecule has 0 aliphatic heterocycles. The van der Waals surface area contributed by atoms with Crippen LogP contribution in [0.2, 0.25) is 0 Å². The van der Waals surface area contributed by atoms with E-state index in [0.29, 0.717) is 0 Å². The van der Waals surface area contributed by atoms with Gasteiger partial charge in [0.15, 0.2) is 11.6 Å². The summed E-state index contributed by atoms with van der Waals surface area (Å²) in [5.74, 6) is -3.21. The van der Waals surface area contributed by atoms with E-state index < -0.39 is 29.7 Å². The van der Waals surface area contributed by atoms with Crippen LogP contribution < -0.4 is 5.73 Å². The maximum atomic E-state index is 13.3. The van der Waals surface area contributed by atoms with E-state index in [1.165, 1.54) is 6.07 Å². The second-order valence-corrected chi connectivity index (χ2v) is 3.37. The molecule has 0 aromatic heterocycles. The van der Waals surface area contributed by atoms with E-state index in [9.17, 15) is 18.7 Å². The Hall–Kier alpha value is -1.53. The largest absolute Gasteiger partial charge is 0.465 e. The summed E-state index contributed by atoms with van der Waals surface area (Å²) in [6, 6.07) is 1.82. The lowest BCUT2D eigenvalue weighted by Gasteiger charge is -2.18. The van der Waals surface area contributed by atoms with E-state index in [2.05, 4.69) is 4.74 Å². The number of aliphatic hydroxyl groups excluding tert-OH is 1. The summed E-state index contributed by atoms with van der Waals surface area (Å²) in [5.41, 5.74) is 5.01. The SMILES string of the molecule is CCOC(=O)C(N)C(O)c1cccc(F)c1F. The summed E-state index contributed by atoms with van der Waals surface area (Å²) in [4.78, 5) is 11.2. The smallest absolute Gasteiger partial charge is 0.325 e. The molecular weight excluding hydrogens is 232 g/mol. The molecule has 94 valence electrons. The minimum atomic E-state index is -1.65. The lowest BCUT2D eigenvalue weighted by atomic mass is 10.0. The third-order valence-corrected chi connectivity index (χ3v) is 2.20. The van der Waals surface area contributed by atoms with Crippen LogP contribution in [-0.2, 0) is 9.53 Å². The first-order chi connectivity index (χ1) is 7.99. The summed E-state index contributed by atoms with van der Waals surface area (Å²) in [5, 5.41) is 9.66. The van der Waals surface area contributed by atoms with Crippen molar-refractivity contribution in [1.29, 1.82) is 0 Å². The Morgan fingerprint density at radius 3 is 2.76 bits per heavy atom. The average Bonchev–Trinajstić information content (AvgIpc) is 2.31. The minimum Gasteiger partial charge on any atom is -0.465 e. The molecule has 17 heavy (non-hydrogen) atoms. The van der Waals surface area contributed by atoms with Crippen molar-refractivity contribution in [2.24, 2.45) is 5.73 Å². The Morgan fingerprint density at radius 2 is 2.18 bits per heavy atom. The van der Waals surface area contributed by atoms with Crippen LogP contribution in [0.15, 0.2) is 18.2 Å². The van der Waals surface area contributed by atoms with Crippen molar-refractivity contribution in [3.05, 3.63) is 35.4 Å². The van der Waals surface area contributed by atoms with Crippen LogP contribution in [0.1, 0.15) is 18.6 Å². The lowest BCUT2D eigenvalue weighted by molar-refractivity contribution is -0.147. The molecule has 0 saturated carbocycles. The molecule has 0 radical (unpaired) electrons. The molecule has 1 aromatic rings. The standard InChI is InChI=1S/C11H13F2NO3/c1-2-17-11(16)9(14)10(15)6-4-3-5-7(12)8(6)13/h3-5,9-10,15H,2,14H2,1H3. The summed E-state index contributed by atoms with van der Waals surface area (Å²) in [6.45, 7) is 1.66. The van der Waals surface area contributed by atoms with Gasteiger partial charge in [-0.05, 0) is 13.0 Å². The average molecular weight is 245 g/mol. The van der Waals surface area contributed by atoms with Crippen LogP contribution in [0, 0.1) is 11.6 Å². The third-order valence-electron chi connectivity index (χ3n) is 2.20. The second-order valence-electron chi connectivity index (χ2n) is 3.37. The Bertz CT molecular complexity index is 412. The van der Waals surface area contributed by atoms with Crippen LogP contribution >= 0.6 is 0 Å². The number of rotatable bonds is 4. The normalized spacial score (nSPS) is 14.2. The van der Waals surface area contributed by atoms with E-state index in [-0.39, 0.29) is 12.2 Å². The highest BCUT2D eigenvalue weighted by Crippen LogP contribution is 2.21. The van der Waals surface area contributed by atoms with Gasteiger partial charge in [-0.25, -0.2) is 8.78 Å². The highest BCUT2D eigenvalue weighted by molar-refractivity contribution is 5.76. The number of benzene rings is 1. The maximum Gasteiger partial charge on any atom is 0.325 e. The molecule has 0 heterocycles. The summed E-state index contributed by atoms with van der Waals surface area (Å²) >= 11 is 0. The fourth-order valence-electron chi connectivity index (χ4n) is 1.31. The number of hydrogen-bond acceptors (Lipinski definition) is 4. The van der Waals surface area contributed by atoms with E-state index in [0.717, 1.165) is 12.1 Å². The lowest BCUT2D eigenvalue weighted by Crippen LogP contribution is -2.38. The monoisotopic (exact) mass is 245 g/mol. The predicted molar refractivity (Wildman–Crippen MR) is 55.9 cm³/mol. The zero-order valence-corrected chi connectivity index (χ0v) is 9.19. The van der Waals surface area contributed by atoms with Crippen molar-refractivity contribution in [2.75, 3.05) is 6.61 Å². The van der Waals surface area contributed by atoms with Crippen LogP contribution in [0.4, 0.5) is 8.78 Å². The van der Waals surface area contributed by atoms with Crippen LogP contribution in [-0.4, -0.2) is 23.7 Å². The molecule has 0 bridgehead atoms. The summed E-state index contributed by atoms with van der Waals surface area (Å²) in [7, 11) is 0. The molecule has 0 amide bonds. The van der Waals surface area contributed by atoms with Crippen molar-refractivity contribution in [3.63, 3.8) is 0 Å². The molecule has 2 atom stereocenters. The van der Waals surface area contributed by atoms with Gasteiger partial charge in [-0.3, -0.25) is 4.79 Å². The Morgan fingerprint density at radius 1 is 1.53 bits per heavy atom. The number of carbonyl (C=O) groups is 1. The Labute approximate surface area is 97.0 Å². The molecule has 1 aromatic carbocycles. The number of esters is 1. The van der Waals surface area contributed by atoms with Gasteiger partial charge in [-0.15, -0.1) is 0 Å². The maximum absolute atomic E-state index is 13.3. The van der Waals surface area contributed by atoms with Gasteiger partial charge in [0.2, 0.25) is 0 Å². The Balaban J connectivity index is 2.92. The van der Waals surface area contributed by atoms with Gasteiger partial charge in [-0.2, -0.15) is 0 Å². The van der Waals surface area contributed by atoms with Crippen molar-refractivity contribution < 1.29 is 23.4 Å². The first kappa shape index (κ1) is 13.5. The highest BCUT2D eigenvalue weighted by atomic mass is 19.2. The van der Waals surface area contributed by atoms with Gasteiger partial charge >= 0.3 is 5.97 Å². The minimum absolute atomic E-state index is 0.0882. The fraction of sp³-hybridized carbons (Fsp3) is 0.364. The molecule has 6 heteroatoms. The van der Waals surface area contributed by atoms with Gasteiger partial charge in [0.1, 0.15) is 12.1 Å². The van der Waals surface area contributed by atoms with E-state index in [1.54, 1.807) is 6.92 Å². The number of aliphatic hydroxyl groups is 1. The van der Waals surface area contributed by atoms with Gasteiger partial charge in [0, 0.05) is 5.56 Å². The molecule has 4 nitrogen and oxygen atoms in total. The number of ether oxygens (including phenoxy) is 1. The predicted octanol–water partition coefficient (Wildman–Crippen LogP) is 0.889. The molecule has 3 N–H and O–H groups in total. The van der Waals surface area contributed by atoms with Crippen molar-refractivity contribution in [1.82, 2.24) is 0 Å². The molecule has 0 aliphatic rings. The summed E-state index contributed by atoms with van der Waals surface area (Å²) < 4.78 is 30.8. The number of carbonyl (C=O) groups excluding carboxylic acids is 1. The van der Waals surface area contributed by atoms with E-state index >= 15 is 0 Å². The topological polar surface area (TPSA) is 72.5 Å². The van der Waals surface area contributed by atoms with E-state index in [1.807, 2.05) is 0 Å². The first-order valence-corrected chi connectivity index (χ1v) is 5.03. The third kappa shape index (κ3) is 2.98. The van der Waals surface area contributed by atoms with Gasteiger partial charge in [0.05, 0.1) is 6.61 Å². The van der Waals surface area contributed by atoms with Crippen LogP contribution in [0.25, 0.3) is 0 Å². The second kappa shape index (κ2) is 5.70. The Kier molecular flexibility index (Phi) is 4.53. The van der Waals surface area contributed by atoms with Crippen molar-refractivity contribution >= 4 is 5.97 Å². The quantitative estimate of drug-likeness (QED) is 0.773. The number of hydrogen-bond donors (Lipinski definition) is 2.